The van der Waals surface area contributed by atoms with Crippen molar-refractivity contribution in [3.05, 3.63) is 170 Å². The van der Waals surface area contributed by atoms with Gasteiger partial charge in [-0.2, -0.15) is 0 Å². The van der Waals surface area contributed by atoms with Crippen molar-refractivity contribution in [2.75, 3.05) is 26.4 Å². The van der Waals surface area contributed by atoms with Crippen LogP contribution in [0.3, 0.4) is 0 Å². The summed E-state index contributed by atoms with van der Waals surface area (Å²) in [4.78, 5) is 35.4. The second-order valence-electron chi connectivity index (χ2n) is 23.0. The van der Waals surface area contributed by atoms with Crippen molar-refractivity contribution in [3.63, 3.8) is 0 Å². The minimum Gasteiger partial charge on any atom is -0.462 e. The van der Waals surface area contributed by atoms with Crippen LogP contribution in [0.1, 0.15) is 284 Å². The van der Waals surface area contributed by atoms with Crippen molar-refractivity contribution in [2.45, 2.75) is 290 Å². The first kappa shape index (κ1) is 84.4. The second-order valence-corrected chi connectivity index (χ2v) is 24.4. The van der Waals surface area contributed by atoms with Crippen LogP contribution in [0, 0.1) is 0 Å². The predicted molar refractivity (Wildman–Crippen MR) is 385 cm³/mol. The van der Waals surface area contributed by atoms with E-state index in [4.69, 9.17) is 24.3 Å². The third-order valence-corrected chi connectivity index (χ3v) is 15.6. The second kappa shape index (κ2) is 72.4. The fourth-order valence-electron chi connectivity index (χ4n) is 9.42. The van der Waals surface area contributed by atoms with E-state index >= 15 is 0 Å². The lowest BCUT2D eigenvalue weighted by Crippen LogP contribution is -2.29. The van der Waals surface area contributed by atoms with E-state index in [1.54, 1.807) is 0 Å². The number of hydrogen-bond acceptors (Lipinski definition) is 8. The highest BCUT2D eigenvalue weighted by Crippen LogP contribution is 2.43. The van der Waals surface area contributed by atoms with Crippen molar-refractivity contribution in [3.8, 4) is 0 Å². The standard InChI is InChI=1S/C79H130NO8P/c1-3-5-7-9-11-13-15-17-19-21-23-25-27-29-31-33-35-37-38-40-42-44-46-48-50-52-54-56-58-60-62-64-66-68-70-72-79(82)88-77(76-87-89(83,84)86-74-73-80)75-85-78(81)71-69-67-65-63-61-59-57-55-53-51-49-47-45-43-41-39-36-34-32-30-28-26-24-22-20-18-16-14-12-10-8-6-4-2/h5-8,11-14,17-20,23-26,29-32,35-37,39-40,42-43,45,77H,3-4,9-10,15-16,21-22,27-28,33-34,38,41,44,46-76,80H2,1-2H3,(H,83,84)/b7-5-,8-6-,13-11-,14-12-,19-17-,20-18-,25-23-,26-24-,31-29-,32-30-,37-35-,39-36-,42-40-,45-43-. The molecule has 2 unspecified atom stereocenters. The van der Waals surface area contributed by atoms with E-state index in [0.717, 1.165) is 141 Å². The first-order chi connectivity index (χ1) is 43.8. The number of esters is 2. The van der Waals surface area contributed by atoms with E-state index in [2.05, 4.69) is 184 Å². The smallest absolute Gasteiger partial charge is 0.462 e. The van der Waals surface area contributed by atoms with Gasteiger partial charge in [0.2, 0.25) is 0 Å². The zero-order chi connectivity index (χ0) is 64.4. The summed E-state index contributed by atoms with van der Waals surface area (Å²) in [5.74, 6) is -0.837. The molecule has 0 saturated carbocycles. The van der Waals surface area contributed by atoms with Crippen LogP contribution in [0.2, 0.25) is 0 Å². The molecule has 0 rings (SSSR count). The summed E-state index contributed by atoms with van der Waals surface area (Å²) < 4.78 is 33.2. The minimum atomic E-state index is -4.41. The van der Waals surface area contributed by atoms with Crippen LogP contribution in [0.5, 0.6) is 0 Å². The molecule has 89 heavy (non-hydrogen) atoms. The highest BCUT2D eigenvalue weighted by atomic mass is 31.2. The van der Waals surface area contributed by atoms with Crippen molar-refractivity contribution in [1.29, 1.82) is 0 Å². The van der Waals surface area contributed by atoms with Gasteiger partial charge in [0.05, 0.1) is 13.2 Å². The molecule has 0 aliphatic heterocycles. The molecule has 0 amide bonds. The lowest BCUT2D eigenvalue weighted by molar-refractivity contribution is -0.161. The molecule has 0 bridgehead atoms. The van der Waals surface area contributed by atoms with E-state index in [9.17, 15) is 19.0 Å². The van der Waals surface area contributed by atoms with E-state index in [1.807, 2.05) is 0 Å². The Labute approximate surface area is 546 Å². The molecule has 504 valence electrons. The zero-order valence-electron chi connectivity index (χ0n) is 56.6. The Kier molecular flexibility index (Phi) is 68.7. The number of hydrogen-bond donors (Lipinski definition) is 2. The quantitative estimate of drug-likeness (QED) is 0.0264. The van der Waals surface area contributed by atoms with Gasteiger partial charge in [0.25, 0.3) is 0 Å². The van der Waals surface area contributed by atoms with Crippen LogP contribution < -0.4 is 5.73 Å². The van der Waals surface area contributed by atoms with Crippen molar-refractivity contribution >= 4 is 19.8 Å². The number of allylic oxidation sites excluding steroid dienone is 28. The van der Waals surface area contributed by atoms with Gasteiger partial charge >= 0.3 is 19.8 Å². The van der Waals surface area contributed by atoms with Crippen molar-refractivity contribution < 1.29 is 37.6 Å². The molecule has 0 heterocycles. The van der Waals surface area contributed by atoms with Gasteiger partial charge in [-0.15, -0.1) is 0 Å². The first-order valence-corrected chi connectivity index (χ1v) is 37.1. The summed E-state index contributed by atoms with van der Waals surface area (Å²) in [6, 6.07) is 0. The molecule has 0 saturated heterocycles. The van der Waals surface area contributed by atoms with Gasteiger partial charge in [-0.3, -0.25) is 18.6 Å². The largest absolute Gasteiger partial charge is 0.472 e. The Morgan fingerprint density at radius 1 is 0.337 bits per heavy atom. The molecule has 0 aromatic carbocycles. The molecule has 3 N–H and O–H groups in total. The van der Waals surface area contributed by atoms with Gasteiger partial charge in [-0.25, -0.2) is 4.57 Å². The van der Waals surface area contributed by atoms with E-state index < -0.39 is 26.5 Å². The summed E-state index contributed by atoms with van der Waals surface area (Å²) in [6.45, 7) is 3.51. The molecule has 0 spiro atoms. The maximum atomic E-state index is 12.8. The lowest BCUT2D eigenvalue weighted by Gasteiger charge is -2.19. The number of carbonyl (C=O) groups is 2. The van der Waals surface area contributed by atoms with Crippen LogP contribution in [-0.4, -0.2) is 49.3 Å². The van der Waals surface area contributed by atoms with E-state index in [0.29, 0.717) is 6.42 Å². The zero-order valence-corrected chi connectivity index (χ0v) is 57.5. The number of phosphoric acid groups is 1. The summed E-state index contributed by atoms with van der Waals surface area (Å²) in [5, 5.41) is 0. The summed E-state index contributed by atoms with van der Waals surface area (Å²) >= 11 is 0. The molecule has 0 aromatic rings. The third kappa shape index (κ3) is 72.3. The minimum absolute atomic E-state index is 0.0456. The Morgan fingerprint density at radius 2 is 0.584 bits per heavy atom. The topological polar surface area (TPSA) is 134 Å². The number of unbranched alkanes of at least 4 members (excludes halogenated alkanes) is 24. The van der Waals surface area contributed by atoms with Gasteiger partial charge < -0.3 is 20.1 Å². The van der Waals surface area contributed by atoms with Gasteiger partial charge in [0, 0.05) is 19.4 Å². The Bertz CT molecular complexity index is 2070. The Hall–Kier alpha value is -4.63. The molecule has 0 aromatic heterocycles. The molecule has 0 fully saturated rings. The lowest BCUT2D eigenvalue weighted by atomic mass is 10.0. The average Bonchev–Trinajstić information content (AvgIpc) is 3.66. The number of nitrogens with two attached hydrogens (primary N) is 1. The average molecular weight is 1250 g/mol. The SMILES string of the molecule is CC/C=C\C/C=C\C/C=C\C/C=C\C/C=C\C/C=C\C/C=C\CCCCCCCCCCCCCCCC(=O)OC(COC(=O)CCCCCCCCCCCCC/C=C\C/C=C\C/C=C\C/C=C\C/C=C\C/C=C\C/C=C\CC)COP(=O)(O)OCCN. The fourth-order valence-corrected chi connectivity index (χ4v) is 10.2. The number of phosphoric ester groups is 1. The molecule has 0 aliphatic rings. The summed E-state index contributed by atoms with van der Waals surface area (Å²) in [5.41, 5.74) is 5.40. The fraction of sp³-hybridized carbons (Fsp3) is 0.620. The molecule has 10 heteroatoms. The highest BCUT2D eigenvalue weighted by molar-refractivity contribution is 7.47. The number of rotatable bonds is 65. The van der Waals surface area contributed by atoms with E-state index in [1.165, 1.54) is 109 Å². The van der Waals surface area contributed by atoms with Crippen LogP contribution in [0.4, 0.5) is 0 Å². The van der Waals surface area contributed by atoms with Crippen molar-refractivity contribution in [1.82, 2.24) is 0 Å². The Morgan fingerprint density at radius 3 is 0.865 bits per heavy atom. The van der Waals surface area contributed by atoms with Gasteiger partial charge in [0.1, 0.15) is 6.61 Å². The molecular formula is C79H130NO8P. The van der Waals surface area contributed by atoms with Gasteiger partial charge in [0.15, 0.2) is 6.10 Å². The van der Waals surface area contributed by atoms with Crippen LogP contribution in [-0.2, 0) is 32.7 Å². The van der Waals surface area contributed by atoms with Crippen LogP contribution in [0.15, 0.2) is 170 Å². The summed E-state index contributed by atoms with van der Waals surface area (Å²) in [6.07, 6.45) is 107. The molecule has 9 nitrogen and oxygen atoms in total. The maximum absolute atomic E-state index is 12.8. The first-order valence-electron chi connectivity index (χ1n) is 35.6. The van der Waals surface area contributed by atoms with Crippen LogP contribution >= 0.6 is 7.82 Å². The van der Waals surface area contributed by atoms with Gasteiger partial charge in [-0.05, 0) is 128 Å². The molecule has 2 atom stereocenters. The predicted octanol–water partition coefficient (Wildman–Crippen LogP) is 23.7. The number of ether oxygens (including phenoxy) is 2. The summed E-state index contributed by atoms with van der Waals surface area (Å²) in [7, 11) is -4.41. The van der Waals surface area contributed by atoms with Crippen LogP contribution in [0.25, 0.3) is 0 Å². The highest BCUT2D eigenvalue weighted by Gasteiger charge is 2.26. The number of carbonyl (C=O) groups excluding carboxylic acids is 2. The monoisotopic (exact) mass is 1250 g/mol. The van der Waals surface area contributed by atoms with Gasteiger partial charge in [-0.1, -0.05) is 312 Å². The molecular weight excluding hydrogens is 1120 g/mol. The van der Waals surface area contributed by atoms with Crippen molar-refractivity contribution in [2.24, 2.45) is 5.73 Å². The molecule has 0 radical (unpaired) electrons. The normalized spacial score (nSPS) is 14.0. The third-order valence-electron chi connectivity index (χ3n) is 14.6. The molecule has 0 aliphatic carbocycles. The van der Waals surface area contributed by atoms with E-state index in [-0.39, 0.29) is 38.6 Å². The maximum Gasteiger partial charge on any atom is 0.472 e. The Balaban J connectivity index is 3.94.